The van der Waals surface area contributed by atoms with E-state index in [4.69, 9.17) is 14.2 Å². The molecule has 0 radical (unpaired) electrons. The quantitative estimate of drug-likeness (QED) is 0.470. The molecule has 0 saturated carbocycles. The van der Waals surface area contributed by atoms with Crippen LogP contribution in [0.5, 0.6) is 17.2 Å². The Kier molecular flexibility index (Phi) is 6.88. The number of ether oxygens (including phenoxy) is 3. The SMILES string of the molecule is COc1ccc(C(C)(C)C(=O)N[C@@H]2C[C@H](c3ccc(C(=O)O)cc3)Oc3cc(OC)ccc32)c(F)c1. The zero-order valence-corrected chi connectivity index (χ0v) is 20.5. The summed E-state index contributed by atoms with van der Waals surface area (Å²) >= 11 is 0. The predicted molar refractivity (Wildman–Crippen MR) is 131 cm³/mol. The predicted octanol–water partition coefficient (Wildman–Crippen LogP) is 5.20. The highest BCUT2D eigenvalue weighted by Crippen LogP contribution is 2.43. The number of carbonyl (C=O) groups is 2. The number of carboxylic acids is 1. The van der Waals surface area contributed by atoms with Crippen molar-refractivity contribution in [3.63, 3.8) is 0 Å². The summed E-state index contributed by atoms with van der Waals surface area (Å²) in [7, 11) is 3.01. The molecule has 0 fully saturated rings. The van der Waals surface area contributed by atoms with E-state index in [-0.39, 0.29) is 17.0 Å². The van der Waals surface area contributed by atoms with Gasteiger partial charge in [0.1, 0.15) is 29.2 Å². The Hall–Kier alpha value is -4.07. The molecule has 8 heteroatoms. The van der Waals surface area contributed by atoms with Gasteiger partial charge in [0, 0.05) is 29.7 Å². The van der Waals surface area contributed by atoms with Crippen LogP contribution in [0.2, 0.25) is 0 Å². The molecule has 1 aliphatic heterocycles. The van der Waals surface area contributed by atoms with Gasteiger partial charge in [0.2, 0.25) is 5.91 Å². The molecule has 2 atom stereocenters. The van der Waals surface area contributed by atoms with Crippen molar-refractivity contribution in [1.29, 1.82) is 0 Å². The van der Waals surface area contributed by atoms with Crippen LogP contribution in [-0.4, -0.2) is 31.2 Å². The summed E-state index contributed by atoms with van der Waals surface area (Å²) in [6, 6.07) is 15.8. The van der Waals surface area contributed by atoms with Crippen LogP contribution in [0.25, 0.3) is 0 Å². The third-order valence-electron chi connectivity index (χ3n) is 6.57. The standard InChI is InChI=1S/C28H28FNO6/c1-28(2,21-12-10-18(34-3)13-22(21)29)27(33)30-23-15-24(16-5-7-17(8-6-16)26(31)32)36-25-14-19(35-4)9-11-20(23)25/h5-14,23-24H,15H2,1-4H3,(H,30,33)(H,31,32)/t23-,24-/m1/s1. The molecule has 0 aliphatic carbocycles. The lowest BCUT2D eigenvalue weighted by molar-refractivity contribution is -0.126. The molecule has 36 heavy (non-hydrogen) atoms. The van der Waals surface area contributed by atoms with Gasteiger partial charge in [-0.2, -0.15) is 0 Å². The first-order valence-corrected chi connectivity index (χ1v) is 11.5. The number of hydrogen-bond acceptors (Lipinski definition) is 5. The lowest BCUT2D eigenvalue weighted by Crippen LogP contribution is -2.43. The van der Waals surface area contributed by atoms with E-state index in [0.29, 0.717) is 23.7 Å². The Morgan fingerprint density at radius 1 is 1.00 bits per heavy atom. The summed E-state index contributed by atoms with van der Waals surface area (Å²) in [6.45, 7) is 3.34. The Balaban J connectivity index is 1.65. The molecule has 1 amide bonds. The Bertz CT molecular complexity index is 1290. The fourth-order valence-corrected chi connectivity index (χ4v) is 4.35. The third-order valence-corrected chi connectivity index (χ3v) is 6.57. The van der Waals surface area contributed by atoms with Gasteiger partial charge in [0.15, 0.2) is 0 Å². The zero-order chi connectivity index (χ0) is 26.0. The highest BCUT2D eigenvalue weighted by molar-refractivity contribution is 5.88. The number of halogens is 1. The first-order valence-electron chi connectivity index (χ1n) is 11.5. The van der Waals surface area contributed by atoms with Crippen LogP contribution in [0.4, 0.5) is 4.39 Å². The van der Waals surface area contributed by atoms with Crippen LogP contribution < -0.4 is 19.5 Å². The first-order chi connectivity index (χ1) is 17.1. The second-order valence-corrected chi connectivity index (χ2v) is 9.17. The molecule has 3 aromatic carbocycles. The topological polar surface area (TPSA) is 94.1 Å². The smallest absolute Gasteiger partial charge is 0.335 e. The maximum absolute atomic E-state index is 14.8. The van der Waals surface area contributed by atoms with Gasteiger partial charge in [-0.3, -0.25) is 4.79 Å². The van der Waals surface area contributed by atoms with Gasteiger partial charge < -0.3 is 24.6 Å². The van der Waals surface area contributed by atoms with Crippen LogP contribution in [0.3, 0.4) is 0 Å². The number of aromatic carboxylic acids is 1. The third kappa shape index (κ3) is 4.84. The van der Waals surface area contributed by atoms with Gasteiger partial charge in [-0.05, 0) is 49.7 Å². The minimum absolute atomic E-state index is 0.171. The monoisotopic (exact) mass is 493 g/mol. The molecule has 1 aliphatic rings. The molecule has 188 valence electrons. The van der Waals surface area contributed by atoms with Crippen LogP contribution in [0, 0.1) is 5.82 Å². The molecule has 0 unspecified atom stereocenters. The lowest BCUT2D eigenvalue weighted by atomic mass is 9.82. The second kappa shape index (κ2) is 9.89. The van der Waals surface area contributed by atoms with Crippen molar-refractivity contribution >= 4 is 11.9 Å². The van der Waals surface area contributed by atoms with Crippen molar-refractivity contribution in [2.45, 2.75) is 37.8 Å². The van der Waals surface area contributed by atoms with Crippen molar-refractivity contribution in [1.82, 2.24) is 5.32 Å². The number of hydrogen-bond donors (Lipinski definition) is 2. The largest absolute Gasteiger partial charge is 0.497 e. The normalized spacial score (nSPS) is 16.9. The molecular formula is C28H28FNO6. The number of carbonyl (C=O) groups excluding carboxylic acids is 1. The average molecular weight is 494 g/mol. The Morgan fingerprint density at radius 3 is 2.25 bits per heavy atom. The van der Waals surface area contributed by atoms with E-state index in [1.807, 2.05) is 6.07 Å². The molecule has 2 N–H and O–H groups in total. The Labute approximate surface area is 208 Å². The number of benzene rings is 3. The van der Waals surface area contributed by atoms with E-state index in [0.717, 1.165) is 11.1 Å². The summed E-state index contributed by atoms with van der Waals surface area (Å²) in [4.78, 5) is 24.7. The van der Waals surface area contributed by atoms with Crippen molar-refractivity contribution in [3.8, 4) is 17.2 Å². The van der Waals surface area contributed by atoms with Gasteiger partial charge in [0.25, 0.3) is 0 Å². The average Bonchev–Trinajstić information content (AvgIpc) is 2.87. The first kappa shape index (κ1) is 25.0. The summed E-state index contributed by atoms with van der Waals surface area (Å²) in [6.07, 6.45) is -0.0443. The molecule has 0 bridgehead atoms. The number of nitrogens with one attached hydrogen (secondary N) is 1. The fraction of sp³-hybridized carbons (Fsp3) is 0.286. The van der Waals surface area contributed by atoms with E-state index in [2.05, 4.69) is 5.32 Å². The van der Waals surface area contributed by atoms with Crippen molar-refractivity contribution in [2.75, 3.05) is 14.2 Å². The number of rotatable bonds is 7. The number of carboxylic acid groups (broad SMARTS) is 1. The second-order valence-electron chi connectivity index (χ2n) is 9.17. The maximum Gasteiger partial charge on any atom is 0.335 e. The number of amides is 1. The zero-order valence-electron chi connectivity index (χ0n) is 20.5. The number of fused-ring (bicyclic) bond motifs is 1. The highest BCUT2D eigenvalue weighted by atomic mass is 19.1. The van der Waals surface area contributed by atoms with Gasteiger partial charge in [-0.1, -0.05) is 18.2 Å². The van der Waals surface area contributed by atoms with Gasteiger partial charge in [-0.15, -0.1) is 0 Å². The molecule has 0 aromatic heterocycles. The van der Waals surface area contributed by atoms with E-state index in [9.17, 15) is 19.1 Å². The fourth-order valence-electron chi connectivity index (χ4n) is 4.35. The summed E-state index contributed by atoms with van der Waals surface area (Å²) in [5.41, 5.74) is 0.801. The minimum Gasteiger partial charge on any atom is -0.497 e. The summed E-state index contributed by atoms with van der Waals surface area (Å²) in [5, 5.41) is 12.3. The summed E-state index contributed by atoms with van der Waals surface area (Å²) in [5.74, 6) is -0.368. The minimum atomic E-state index is -1.17. The molecule has 0 saturated heterocycles. The van der Waals surface area contributed by atoms with Crippen molar-refractivity contribution < 1.29 is 33.3 Å². The maximum atomic E-state index is 14.8. The van der Waals surface area contributed by atoms with Crippen LogP contribution >= 0.6 is 0 Å². The molecular weight excluding hydrogens is 465 g/mol. The molecule has 4 rings (SSSR count). The molecule has 7 nitrogen and oxygen atoms in total. The summed E-state index contributed by atoms with van der Waals surface area (Å²) < 4.78 is 31.5. The van der Waals surface area contributed by atoms with E-state index >= 15 is 0 Å². The molecule has 1 heterocycles. The van der Waals surface area contributed by atoms with Gasteiger partial charge >= 0.3 is 5.97 Å². The van der Waals surface area contributed by atoms with Crippen molar-refractivity contribution in [2.24, 2.45) is 0 Å². The highest BCUT2D eigenvalue weighted by Gasteiger charge is 2.37. The molecule has 3 aromatic rings. The van der Waals surface area contributed by atoms with E-state index in [1.54, 1.807) is 57.4 Å². The lowest BCUT2D eigenvalue weighted by Gasteiger charge is -2.35. The van der Waals surface area contributed by atoms with E-state index < -0.39 is 29.3 Å². The Morgan fingerprint density at radius 2 is 1.64 bits per heavy atom. The van der Waals surface area contributed by atoms with Gasteiger partial charge in [0.05, 0.1) is 31.2 Å². The number of methoxy groups -OCH3 is 2. The van der Waals surface area contributed by atoms with E-state index in [1.165, 1.54) is 25.3 Å². The molecule has 0 spiro atoms. The van der Waals surface area contributed by atoms with Crippen molar-refractivity contribution in [3.05, 3.63) is 88.7 Å². The van der Waals surface area contributed by atoms with Crippen LogP contribution in [0.15, 0.2) is 60.7 Å². The van der Waals surface area contributed by atoms with Gasteiger partial charge in [-0.25, -0.2) is 9.18 Å². The van der Waals surface area contributed by atoms with Crippen LogP contribution in [-0.2, 0) is 10.2 Å². The van der Waals surface area contributed by atoms with Crippen LogP contribution in [0.1, 0.15) is 59.5 Å².